The molecule has 3 amide bonds. The van der Waals surface area contributed by atoms with Gasteiger partial charge in [-0.3, -0.25) is 24.0 Å². The summed E-state index contributed by atoms with van der Waals surface area (Å²) in [6, 6.07) is 16.7. The number of hydrogen-bond acceptors (Lipinski definition) is 7. The summed E-state index contributed by atoms with van der Waals surface area (Å²) in [6.45, 7) is 0.496. The first-order valence-electron chi connectivity index (χ1n) is 15.7. The Kier molecular flexibility index (Phi) is 14.0. The number of nitriles is 1. The van der Waals surface area contributed by atoms with Crippen molar-refractivity contribution in [2.75, 3.05) is 13.7 Å². The zero-order valence-electron chi connectivity index (χ0n) is 28.0. The second kappa shape index (κ2) is 17.7. The van der Waals surface area contributed by atoms with Crippen LogP contribution >= 0.6 is 11.6 Å². The standard InChI is InChI=1S/C36H34ClF5N4O6/c1-20(2)27(31(48)36(41,42)34(51)44-19-35(38,39)40)17-29(47)30(23-10-12-26(52-3)13-11-23)46-33(50)28(15-21-6-4-7-22(14-21)18-43)45-32(49)24-8-5-9-25(37)16-24/h4-14,16,20,27-28,30H,15,17,19H2,1-3H3,(H,44,51)(H,45,49)(H,46,50)/t27-,28-,30-/m0/s1. The van der Waals surface area contributed by atoms with E-state index in [0.29, 0.717) is 11.3 Å². The van der Waals surface area contributed by atoms with Gasteiger partial charge in [0, 0.05) is 29.3 Å². The van der Waals surface area contributed by atoms with Crippen LogP contribution < -0.4 is 20.7 Å². The molecule has 0 saturated carbocycles. The Morgan fingerprint density at radius 3 is 2.13 bits per heavy atom. The average molecular weight is 749 g/mol. The molecule has 3 atom stereocenters. The highest BCUT2D eigenvalue weighted by molar-refractivity contribution is 6.31. The lowest BCUT2D eigenvalue weighted by molar-refractivity contribution is -0.167. The average Bonchev–Trinajstić information content (AvgIpc) is 3.10. The Bertz CT molecular complexity index is 1830. The third-order valence-electron chi connectivity index (χ3n) is 7.87. The molecule has 0 aromatic heterocycles. The van der Waals surface area contributed by atoms with Gasteiger partial charge in [-0.15, -0.1) is 0 Å². The molecular weight excluding hydrogens is 715 g/mol. The number of ketones is 2. The van der Waals surface area contributed by atoms with Gasteiger partial charge in [-0.05, 0) is 59.5 Å². The third kappa shape index (κ3) is 11.3. The van der Waals surface area contributed by atoms with E-state index >= 15 is 0 Å². The molecule has 0 unspecified atom stereocenters. The van der Waals surface area contributed by atoms with Crippen LogP contribution in [0.2, 0.25) is 5.02 Å². The van der Waals surface area contributed by atoms with E-state index in [1.165, 1.54) is 81.6 Å². The molecule has 0 heterocycles. The Morgan fingerprint density at radius 2 is 1.56 bits per heavy atom. The third-order valence-corrected chi connectivity index (χ3v) is 8.10. The SMILES string of the molecule is COc1ccc([C@H](NC(=O)[C@H](Cc2cccc(C#N)c2)NC(=O)c2cccc(Cl)c2)C(=O)C[C@H](C(=O)C(F)(F)C(=O)NCC(F)(F)F)C(C)C)cc1. The van der Waals surface area contributed by atoms with E-state index in [9.17, 15) is 51.2 Å². The van der Waals surface area contributed by atoms with Gasteiger partial charge in [0.15, 0.2) is 5.78 Å². The van der Waals surface area contributed by atoms with Crippen LogP contribution in [-0.2, 0) is 25.6 Å². The molecule has 276 valence electrons. The number of benzene rings is 3. The van der Waals surface area contributed by atoms with Gasteiger partial charge in [0.25, 0.3) is 11.8 Å². The van der Waals surface area contributed by atoms with Gasteiger partial charge in [-0.2, -0.15) is 27.2 Å². The number of ether oxygens (including phenoxy) is 1. The Balaban J connectivity index is 1.98. The highest BCUT2D eigenvalue weighted by Gasteiger charge is 2.52. The van der Waals surface area contributed by atoms with Crippen molar-refractivity contribution < 1.29 is 50.7 Å². The minimum atomic E-state index is -5.03. The van der Waals surface area contributed by atoms with Crippen molar-refractivity contribution in [2.45, 2.75) is 50.9 Å². The van der Waals surface area contributed by atoms with Crippen molar-refractivity contribution >= 4 is 40.9 Å². The molecule has 52 heavy (non-hydrogen) atoms. The normalized spacial score (nSPS) is 13.2. The number of Topliss-reactive ketones (excluding diaryl/α,β-unsaturated/α-hetero) is 2. The maximum Gasteiger partial charge on any atom is 0.405 e. The van der Waals surface area contributed by atoms with Crippen LogP contribution in [0.3, 0.4) is 0 Å². The molecule has 3 rings (SSSR count). The number of halogens is 6. The number of rotatable bonds is 16. The molecule has 0 aliphatic heterocycles. The molecule has 0 spiro atoms. The second-order valence-electron chi connectivity index (χ2n) is 12.0. The van der Waals surface area contributed by atoms with Crippen LogP contribution in [0.4, 0.5) is 22.0 Å². The molecule has 0 saturated heterocycles. The molecule has 0 bridgehead atoms. The number of amides is 3. The summed E-state index contributed by atoms with van der Waals surface area (Å²) in [7, 11) is 1.37. The first kappa shape index (κ1) is 41.1. The summed E-state index contributed by atoms with van der Waals surface area (Å²) in [4.78, 5) is 66.1. The molecule has 0 aliphatic rings. The van der Waals surface area contributed by atoms with Crippen LogP contribution in [0.1, 0.15) is 53.4 Å². The summed E-state index contributed by atoms with van der Waals surface area (Å²) >= 11 is 6.03. The quantitative estimate of drug-likeness (QED) is 0.129. The molecule has 10 nitrogen and oxygen atoms in total. The van der Waals surface area contributed by atoms with Crippen LogP contribution in [0.5, 0.6) is 5.75 Å². The van der Waals surface area contributed by atoms with Crippen molar-refractivity contribution in [1.82, 2.24) is 16.0 Å². The number of alkyl halides is 5. The van der Waals surface area contributed by atoms with Crippen molar-refractivity contribution in [3.8, 4) is 11.8 Å². The van der Waals surface area contributed by atoms with Gasteiger partial charge in [0.2, 0.25) is 11.7 Å². The smallest absolute Gasteiger partial charge is 0.405 e. The number of nitrogens with zero attached hydrogens (tertiary/aromatic N) is 1. The molecule has 0 fully saturated rings. The predicted molar refractivity (Wildman–Crippen MR) is 178 cm³/mol. The molecule has 16 heteroatoms. The number of carbonyl (C=O) groups excluding carboxylic acids is 5. The van der Waals surface area contributed by atoms with Gasteiger partial charge in [-0.1, -0.05) is 55.8 Å². The van der Waals surface area contributed by atoms with Gasteiger partial charge in [0.05, 0.1) is 18.7 Å². The monoisotopic (exact) mass is 748 g/mol. The topological polar surface area (TPSA) is 154 Å². The summed E-state index contributed by atoms with van der Waals surface area (Å²) in [5, 5.41) is 15.7. The van der Waals surface area contributed by atoms with E-state index in [1.807, 2.05) is 6.07 Å². The van der Waals surface area contributed by atoms with Crippen molar-refractivity contribution in [1.29, 1.82) is 5.26 Å². The molecule has 0 radical (unpaired) electrons. The molecule has 3 N–H and O–H groups in total. The van der Waals surface area contributed by atoms with Crippen LogP contribution in [0.15, 0.2) is 72.8 Å². The second-order valence-corrected chi connectivity index (χ2v) is 12.5. The highest BCUT2D eigenvalue weighted by atomic mass is 35.5. The number of hydrogen-bond donors (Lipinski definition) is 3. The first-order valence-corrected chi connectivity index (χ1v) is 16.0. The van der Waals surface area contributed by atoms with Crippen LogP contribution in [-0.4, -0.2) is 61.1 Å². The Morgan fingerprint density at radius 1 is 0.904 bits per heavy atom. The first-order chi connectivity index (χ1) is 24.4. The molecule has 3 aromatic carbocycles. The lowest BCUT2D eigenvalue weighted by Crippen LogP contribution is -2.52. The van der Waals surface area contributed by atoms with Crippen molar-refractivity contribution in [3.05, 3.63) is 100 Å². The maximum absolute atomic E-state index is 14.9. The number of methoxy groups -OCH3 is 1. The summed E-state index contributed by atoms with van der Waals surface area (Å²) < 4.78 is 72.7. The fourth-order valence-electron chi connectivity index (χ4n) is 5.08. The molecule has 3 aromatic rings. The van der Waals surface area contributed by atoms with E-state index in [4.69, 9.17) is 16.3 Å². The fourth-order valence-corrected chi connectivity index (χ4v) is 5.27. The van der Waals surface area contributed by atoms with Gasteiger partial charge >= 0.3 is 12.1 Å². The van der Waals surface area contributed by atoms with Gasteiger partial charge in [-0.25, -0.2) is 0 Å². The van der Waals surface area contributed by atoms with Crippen LogP contribution in [0, 0.1) is 23.2 Å². The molecular formula is C36H34ClF5N4O6. The van der Waals surface area contributed by atoms with E-state index in [-0.39, 0.29) is 28.1 Å². The van der Waals surface area contributed by atoms with Crippen molar-refractivity contribution in [3.63, 3.8) is 0 Å². The lowest BCUT2D eigenvalue weighted by atomic mass is 9.82. The summed E-state index contributed by atoms with van der Waals surface area (Å²) in [5.74, 6) is -14.6. The minimum Gasteiger partial charge on any atom is -0.497 e. The van der Waals surface area contributed by atoms with Crippen LogP contribution in [0.25, 0.3) is 0 Å². The predicted octanol–water partition coefficient (Wildman–Crippen LogP) is 5.53. The van der Waals surface area contributed by atoms with Gasteiger partial charge < -0.3 is 20.7 Å². The Labute approximate surface area is 300 Å². The van der Waals surface area contributed by atoms with E-state index in [1.54, 1.807) is 12.1 Å². The maximum atomic E-state index is 14.9. The Hall–Kier alpha value is -5.36. The van der Waals surface area contributed by atoms with Crippen molar-refractivity contribution in [2.24, 2.45) is 11.8 Å². The minimum absolute atomic E-state index is 0.0948. The summed E-state index contributed by atoms with van der Waals surface area (Å²) in [5.41, 5.74) is 0.930. The summed E-state index contributed by atoms with van der Waals surface area (Å²) in [6.07, 6.45) is -6.17. The van der Waals surface area contributed by atoms with E-state index < -0.39 is 78.3 Å². The number of carbonyl (C=O) groups is 5. The van der Waals surface area contributed by atoms with E-state index in [0.717, 1.165) is 5.32 Å². The zero-order valence-corrected chi connectivity index (χ0v) is 28.8. The van der Waals surface area contributed by atoms with Gasteiger partial charge in [0.1, 0.15) is 24.4 Å². The number of nitrogens with one attached hydrogen (secondary N) is 3. The fraction of sp³-hybridized carbons (Fsp3) is 0.333. The highest BCUT2D eigenvalue weighted by Crippen LogP contribution is 2.30. The lowest BCUT2D eigenvalue weighted by Gasteiger charge is -2.27. The van der Waals surface area contributed by atoms with E-state index in [2.05, 4.69) is 10.6 Å². The largest absolute Gasteiger partial charge is 0.497 e. The zero-order chi connectivity index (χ0) is 38.8. The molecule has 0 aliphatic carbocycles.